The molecule has 0 saturated carbocycles. The number of nitrogens with zero attached hydrogens (tertiary/aromatic N) is 2. The van der Waals surface area contributed by atoms with Gasteiger partial charge < -0.3 is 18.6 Å². The number of fused-ring (bicyclic) bond motifs is 10. The van der Waals surface area contributed by atoms with Crippen LogP contribution >= 0.6 is 0 Å². The quantitative estimate of drug-likeness (QED) is 0.232. The average Bonchev–Trinajstić information content (AvgIpc) is 3.54. The van der Waals surface area contributed by atoms with Crippen molar-refractivity contribution in [2.75, 3.05) is 38.0 Å². The normalized spacial score (nSPS) is 12.0. The SMILES string of the molecule is CN(C)c1ccc2c(ccc3c4cc(-c5ccc6oc7c8ccc(N(C)C)cc8ccc7c6c5)ccc4oc23)c1. The van der Waals surface area contributed by atoms with Crippen LogP contribution in [0.4, 0.5) is 11.4 Å². The number of rotatable bonds is 3. The van der Waals surface area contributed by atoms with E-state index in [1.165, 1.54) is 22.1 Å². The standard InChI is InChI=1S/C36H28N2O2/c1-37(2)25-9-13-27-23(17-25)5-11-29-31-19-21(7-15-33(31)39-35(27)29)22-8-16-34-32(20-22)30-12-6-24-18-26(38(3)4)10-14-28(24)36(30)40-34/h5-20H,1-4H3. The maximum absolute atomic E-state index is 6.40. The minimum Gasteiger partial charge on any atom is -0.455 e. The van der Waals surface area contributed by atoms with Gasteiger partial charge in [-0.1, -0.05) is 24.3 Å². The van der Waals surface area contributed by atoms with Gasteiger partial charge in [0.15, 0.2) is 0 Å². The van der Waals surface area contributed by atoms with Gasteiger partial charge in [-0.3, -0.25) is 0 Å². The highest BCUT2D eigenvalue weighted by Gasteiger charge is 2.15. The van der Waals surface area contributed by atoms with Crippen LogP contribution in [0.1, 0.15) is 0 Å². The van der Waals surface area contributed by atoms with E-state index in [4.69, 9.17) is 8.83 Å². The molecule has 2 aromatic heterocycles. The first kappa shape index (κ1) is 23.0. The van der Waals surface area contributed by atoms with Crippen molar-refractivity contribution in [3.05, 3.63) is 97.1 Å². The molecule has 0 saturated heterocycles. The first-order valence-electron chi connectivity index (χ1n) is 13.6. The molecule has 4 nitrogen and oxygen atoms in total. The van der Waals surface area contributed by atoms with Crippen LogP contribution in [0.25, 0.3) is 76.5 Å². The predicted molar refractivity (Wildman–Crippen MR) is 170 cm³/mol. The molecule has 0 unspecified atom stereocenters. The fourth-order valence-electron chi connectivity index (χ4n) is 6.02. The molecule has 8 rings (SSSR count). The molecule has 0 fully saturated rings. The summed E-state index contributed by atoms with van der Waals surface area (Å²) in [7, 11) is 8.26. The fraction of sp³-hybridized carbons (Fsp3) is 0.111. The largest absolute Gasteiger partial charge is 0.455 e. The molecule has 0 aliphatic carbocycles. The molecule has 6 aromatic carbocycles. The van der Waals surface area contributed by atoms with Gasteiger partial charge in [0.2, 0.25) is 0 Å². The van der Waals surface area contributed by atoms with E-state index in [9.17, 15) is 0 Å². The average molecular weight is 521 g/mol. The molecule has 0 aliphatic rings. The molecule has 40 heavy (non-hydrogen) atoms. The van der Waals surface area contributed by atoms with E-state index in [2.05, 4.69) is 135 Å². The second kappa shape index (κ2) is 8.27. The van der Waals surface area contributed by atoms with Gasteiger partial charge in [0.05, 0.1) is 0 Å². The Morgan fingerprint density at radius 1 is 0.400 bits per heavy atom. The molecule has 0 bridgehead atoms. The van der Waals surface area contributed by atoms with E-state index in [0.29, 0.717) is 0 Å². The smallest absolute Gasteiger partial charge is 0.143 e. The van der Waals surface area contributed by atoms with Gasteiger partial charge in [-0.2, -0.15) is 0 Å². The fourth-order valence-corrected chi connectivity index (χ4v) is 6.02. The summed E-state index contributed by atoms with van der Waals surface area (Å²) in [6, 6.07) is 34.8. The van der Waals surface area contributed by atoms with Crippen molar-refractivity contribution in [3.63, 3.8) is 0 Å². The van der Waals surface area contributed by atoms with E-state index in [1.807, 2.05) is 0 Å². The zero-order valence-electron chi connectivity index (χ0n) is 22.9. The number of hydrogen-bond acceptors (Lipinski definition) is 4. The Morgan fingerprint density at radius 2 is 0.825 bits per heavy atom. The van der Waals surface area contributed by atoms with Crippen molar-refractivity contribution >= 4 is 76.8 Å². The van der Waals surface area contributed by atoms with Crippen LogP contribution in [-0.4, -0.2) is 28.2 Å². The molecular weight excluding hydrogens is 492 g/mol. The monoisotopic (exact) mass is 520 g/mol. The zero-order valence-corrected chi connectivity index (χ0v) is 22.9. The maximum atomic E-state index is 6.40. The minimum atomic E-state index is 0.904. The predicted octanol–water partition coefficient (Wildman–Crippen LogP) is 9.59. The molecular formula is C36H28N2O2. The van der Waals surface area contributed by atoms with E-state index in [1.54, 1.807) is 0 Å². The number of anilines is 2. The highest BCUT2D eigenvalue weighted by molar-refractivity contribution is 6.17. The van der Waals surface area contributed by atoms with Gasteiger partial charge in [-0.15, -0.1) is 0 Å². The summed E-state index contributed by atoms with van der Waals surface area (Å²) in [4.78, 5) is 4.25. The van der Waals surface area contributed by atoms with Crippen molar-refractivity contribution < 1.29 is 8.83 Å². The van der Waals surface area contributed by atoms with Gasteiger partial charge in [-0.25, -0.2) is 0 Å². The Hall–Kier alpha value is -4.96. The molecule has 2 heterocycles. The van der Waals surface area contributed by atoms with Crippen molar-refractivity contribution in [1.82, 2.24) is 0 Å². The maximum Gasteiger partial charge on any atom is 0.143 e. The van der Waals surface area contributed by atoms with Crippen molar-refractivity contribution in [2.45, 2.75) is 0 Å². The van der Waals surface area contributed by atoms with Crippen molar-refractivity contribution in [1.29, 1.82) is 0 Å². The van der Waals surface area contributed by atoms with Gasteiger partial charge in [0, 0.05) is 71.9 Å². The van der Waals surface area contributed by atoms with Crippen LogP contribution in [0.5, 0.6) is 0 Å². The van der Waals surface area contributed by atoms with Crippen LogP contribution in [0, 0.1) is 0 Å². The first-order chi connectivity index (χ1) is 19.4. The summed E-state index contributed by atoms with van der Waals surface area (Å²) >= 11 is 0. The molecule has 0 aliphatic heterocycles. The summed E-state index contributed by atoms with van der Waals surface area (Å²) in [5, 5.41) is 9.17. The number of furan rings is 2. The van der Waals surface area contributed by atoms with E-state index in [0.717, 1.165) is 65.8 Å². The highest BCUT2D eigenvalue weighted by Crippen LogP contribution is 2.40. The summed E-state index contributed by atoms with van der Waals surface area (Å²) in [5.41, 5.74) is 8.36. The lowest BCUT2D eigenvalue weighted by atomic mass is 9.99. The van der Waals surface area contributed by atoms with Crippen LogP contribution in [0.15, 0.2) is 106 Å². The summed E-state index contributed by atoms with van der Waals surface area (Å²) < 4.78 is 12.8. The topological polar surface area (TPSA) is 32.8 Å². The Morgan fingerprint density at radius 3 is 1.25 bits per heavy atom. The second-order valence-electron chi connectivity index (χ2n) is 11.1. The molecule has 4 heteroatoms. The van der Waals surface area contributed by atoms with E-state index >= 15 is 0 Å². The second-order valence-corrected chi connectivity index (χ2v) is 11.1. The van der Waals surface area contributed by atoms with Crippen LogP contribution < -0.4 is 9.80 Å². The van der Waals surface area contributed by atoms with E-state index in [-0.39, 0.29) is 0 Å². The number of hydrogen-bond donors (Lipinski definition) is 0. The Balaban J connectivity index is 1.27. The van der Waals surface area contributed by atoms with Crippen molar-refractivity contribution in [2.24, 2.45) is 0 Å². The van der Waals surface area contributed by atoms with Gasteiger partial charge in [0.1, 0.15) is 22.3 Å². The minimum absolute atomic E-state index is 0.904. The van der Waals surface area contributed by atoms with Crippen LogP contribution in [0.3, 0.4) is 0 Å². The van der Waals surface area contributed by atoms with E-state index < -0.39 is 0 Å². The summed E-state index contributed by atoms with van der Waals surface area (Å²) in [6.07, 6.45) is 0. The first-order valence-corrected chi connectivity index (χ1v) is 13.6. The molecule has 0 atom stereocenters. The van der Waals surface area contributed by atoms with Gasteiger partial charge >= 0.3 is 0 Å². The Labute approximate surface area is 231 Å². The lowest BCUT2D eigenvalue weighted by molar-refractivity contribution is 0.672. The van der Waals surface area contributed by atoms with Gasteiger partial charge in [0.25, 0.3) is 0 Å². The molecule has 0 N–H and O–H groups in total. The zero-order chi connectivity index (χ0) is 27.1. The lowest BCUT2D eigenvalue weighted by Crippen LogP contribution is -2.07. The third kappa shape index (κ3) is 3.32. The summed E-state index contributed by atoms with van der Waals surface area (Å²) in [5.74, 6) is 0. The molecule has 0 radical (unpaired) electrons. The summed E-state index contributed by atoms with van der Waals surface area (Å²) in [6.45, 7) is 0. The third-order valence-electron chi connectivity index (χ3n) is 8.24. The molecule has 8 aromatic rings. The molecule has 0 spiro atoms. The number of benzene rings is 6. The highest BCUT2D eigenvalue weighted by atomic mass is 16.3. The van der Waals surface area contributed by atoms with Crippen LogP contribution in [0.2, 0.25) is 0 Å². The van der Waals surface area contributed by atoms with Crippen molar-refractivity contribution in [3.8, 4) is 11.1 Å². The molecule has 194 valence electrons. The molecule has 0 amide bonds. The third-order valence-corrected chi connectivity index (χ3v) is 8.24. The van der Waals surface area contributed by atoms with Gasteiger partial charge in [-0.05, 0) is 94.7 Å². The lowest BCUT2D eigenvalue weighted by Gasteiger charge is -2.13. The Kier molecular flexibility index (Phi) is 4.75. The van der Waals surface area contributed by atoms with Crippen LogP contribution in [-0.2, 0) is 0 Å². The Bertz CT molecular complexity index is 2120.